The van der Waals surface area contributed by atoms with E-state index in [4.69, 9.17) is 16.0 Å². The molecule has 1 radical (unpaired) electrons. The van der Waals surface area contributed by atoms with Gasteiger partial charge in [0.2, 0.25) is 0 Å². The van der Waals surface area contributed by atoms with Crippen LogP contribution in [0.4, 0.5) is 0 Å². The number of halogens is 1. The molecule has 0 bridgehead atoms. The van der Waals surface area contributed by atoms with E-state index in [9.17, 15) is 0 Å². The number of rotatable bonds is 5. The normalized spacial score (nSPS) is 10.7. The van der Waals surface area contributed by atoms with Crippen molar-refractivity contribution in [3.8, 4) is 0 Å². The zero-order valence-corrected chi connectivity index (χ0v) is 11.2. The molecule has 0 aliphatic rings. The molecule has 3 heteroatoms. The molecule has 87 valence electrons. The summed E-state index contributed by atoms with van der Waals surface area (Å²) in [6.07, 6.45) is 0. The Labute approximate surface area is 109 Å². The second kappa shape index (κ2) is 6.60. The molecule has 2 rings (SSSR count). The van der Waals surface area contributed by atoms with Gasteiger partial charge in [-0.15, -0.1) is 11.6 Å². The molecule has 0 amide bonds. The van der Waals surface area contributed by atoms with Crippen LogP contribution in [0.2, 0.25) is 0 Å². The van der Waals surface area contributed by atoms with Gasteiger partial charge in [0, 0.05) is 12.5 Å². The lowest BCUT2D eigenvalue weighted by atomic mass is 10.4. The standard InChI is InChI=1S/C14H14ClOSi/c15-11-12-16-17(13-7-3-1-4-8-13)14-9-5-2-6-10-14/h1-10H,11-12H2. The topological polar surface area (TPSA) is 9.23 Å². The molecule has 0 saturated heterocycles. The van der Waals surface area contributed by atoms with E-state index in [1.807, 2.05) is 36.4 Å². The van der Waals surface area contributed by atoms with Gasteiger partial charge in [-0.05, 0) is 10.4 Å². The predicted octanol–water partition coefficient (Wildman–Crippen LogP) is 2.05. The van der Waals surface area contributed by atoms with Crippen LogP contribution in [-0.2, 0) is 4.43 Å². The minimum atomic E-state index is -1.15. The fraction of sp³-hybridized carbons (Fsp3) is 0.143. The summed E-state index contributed by atoms with van der Waals surface area (Å²) in [5.41, 5.74) is 0. The third kappa shape index (κ3) is 3.43. The molecule has 1 nitrogen and oxygen atoms in total. The van der Waals surface area contributed by atoms with Gasteiger partial charge in [-0.25, -0.2) is 0 Å². The van der Waals surface area contributed by atoms with E-state index in [1.165, 1.54) is 10.4 Å². The second-order valence-electron chi connectivity index (χ2n) is 3.60. The zero-order chi connectivity index (χ0) is 11.9. The van der Waals surface area contributed by atoms with Crippen molar-refractivity contribution < 1.29 is 4.43 Å². The van der Waals surface area contributed by atoms with E-state index >= 15 is 0 Å². The lowest BCUT2D eigenvalue weighted by molar-refractivity contribution is 0.360. The Kier molecular flexibility index (Phi) is 4.80. The highest BCUT2D eigenvalue weighted by Crippen LogP contribution is 1.95. The largest absolute Gasteiger partial charge is 0.406 e. The van der Waals surface area contributed by atoms with Crippen LogP contribution in [0.1, 0.15) is 0 Å². The fourth-order valence-electron chi connectivity index (χ4n) is 1.65. The Morgan fingerprint density at radius 2 is 1.29 bits per heavy atom. The van der Waals surface area contributed by atoms with Crippen molar-refractivity contribution in [2.24, 2.45) is 0 Å². The minimum absolute atomic E-state index is 0.536. The molecular formula is C14H14ClOSi. The van der Waals surface area contributed by atoms with Gasteiger partial charge in [-0.2, -0.15) is 0 Å². The second-order valence-corrected chi connectivity index (χ2v) is 6.08. The quantitative estimate of drug-likeness (QED) is 0.591. The molecule has 0 fully saturated rings. The van der Waals surface area contributed by atoms with Gasteiger partial charge in [0.25, 0.3) is 9.04 Å². The molecule has 0 saturated carbocycles. The molecular weight excluding hydrogens is 248 g/mol. The van der Waals surface area contributed by atoms with Crippen LogP contribution < -0.4 is 10.4 Å². The van der Waals surface area contributed by atoms with Crippen molar-refractivity contribution >= 4 is 31.0 Å². The van der Waals surface area contributed by atoms with E-state index in [0.29, 0.717) is 12.5 Å². The van der Waals surface area contributed by atoms with Crippen LogP contribution in [0.25, 0.3) is 0 Å². The smallest absolute Gasteiger partial charge is 0.282 e. The molecule has 0 spiro atoms. The molecule has 17 heavy (non-hydrogen) atoms. The highest BCUT2D eigenvalue weighted by Gasteiger charge is 2.18. The molecule has 2 aromatic carbocycles. The van der Waals surface area contributed by atoms with Gasteiger partial charge >= 0.3 is 0 Å². The van der Waals surface area contributed by atoms with E-state index < -0.39 is 9.04 Å². The summed E-state index contributed by atoms with van der Waals surface area (Å²) in [5, 5.41) is 2.52. The first-order valence-corrected chi connectivity index (χ1v) is 7.52. The third-order valence-corrected chi connectivity index (χ3v) is 4.76. The molecule has 0 aromatic heterocycles. The number of benzene rings is 2. The maximum absolute atomic E-state index is 5.93. The lowest BCUT2D eigenvalue weighted by Gasteiger charge is -2.15. The monoisotopic (exact) mass is 261 g/mol. The van der Waals surface area contributed by atoms with Crippen molar-refractivity contribution in [3.05, 3.63) is 60.7 Å². The van der Waals surface area contributed by atoms with Crippen LogP contribution in [-0.4, -0.2) is 21.5 Å². The summed E-state index contributed by atoms with van der Waals surface area (Å²) in [4.78, 5) is 0. The third-order valence-electron chi connectivity index (χ3n) is 2.40. The molecule has 0 atom stereocenters. The first-order valence-electron chi connectivity index (χ1n) is 5.58. The van der Waals surface area contributed by atoms with E-state index in [0.717, 1.165) is 0 Å². The number of hydrogen-bond donors (Lipinski definition) is 0. The predicted molar refractivity (Wildman–Crippen MR) is 74.6 cm³/mol. The van der Waals surface area contributed by atoms with Crippen molar-refractivity contribution in [2.75, 3.05) is 12.5 Å². The molecule has 0 heterocycles. The molecule has 0 N–H and O–H groups in total. The van der Waals surface area contributed by atoms with Gasteiger partial charge in [0.05, 0.1) is 0 Å². The maximum atomic E-state index is 5.93. The zero-order valence-electron chi connectivity index (χ0n) is 9.47. The van der Waals surface area contributed by atoms with Crippen molar-refractivity contribution in [2.45, 2.75) is 0 Å². The molecule has 2 aromatic rings. The van der Waals surface area contributed by atoms with Gasteiger partial charge in [-0.3, -0.25) is 0 Å². The number of alkyl halides is 1. The Morgan fingerprint density at radius 1 is 0.824 bits per heavy atom. The maximum Gasteiger partial charge on any atom is 0.282 e. The summed E-state index contributed by atoms with van der Waals surface area (Å²) in [5.74, 6) is 0.536. The van der Waals surface area contributed by atoms with Crippen LogP contribution >= 0.6 is 11.6 Å². The highest BCUT2D eigenvalue weighted by atomic mass is 35.5. The summed E-state index contributed by atoms with van der Waals surface area (Å²) < 4.78 is 5.93. The first kappa shape index (κ1) is 12.4. The average Bonchev–Trinajstić information content (AvgIpc) is 2.42. The minimum Gasteiger partial charge on any atom is -0.406 e. The van der Waals surface area contributed by atoms with E-state index in [-0.39, 0.29) is 0 Å². The van der Waals surface area contributed by atoms with Crippen LogP contribution in [0.15, 0.2) is 60.7 Å². The summed E-state index contributed by atoms with van der Waals surface area (Å²) in [7, 11) is -1.15. The fourth-order valence-corrected chi connectivity index (χ4v) is 3.82. The summed E-state index contributed by atoms with van der Waals surface area (Å²) >= 11 is 5.71. The van der Waals surface area contributed by atoms with Crippen LogP contribution in [0.3, 0.4) is 0 Å². The highest BCUT2D eigenvalue weighted by molar-refractivity contribution is 6.80. The molecule has 0 aliphatic heterocycles. The van der Waals surface area contributed by atoms with Crippen molar-refractivity contribution in [3.63, 3.8) is 0 Å². The average molecular weight is 262 g/mol. The Hall–Kier alpha value is -1.09. The Balaban J connectivity index is 2.26. The van der Waals surface area contributed by atoms with Crippen LogP contribution in [0, 0.1) is 0 Å². The lowest BCUT2D eigenvalue weighted by Crippen LogP contribution is -2.45. The summed E-state index contributed by atoms with van der Waals surface area (Å²) in [6.45, 7) is 0.597. The summed E-state index contributed by atoms with van der Waals surface area (Å²) in [6, 6.07) is 20.7. The molecule has 0 aliphatic carbocycles. The van der Waals surface area contributed by atoms with E-state index in [2.05, 4.69) is 24.3 Å². The van der Waals surface area contributed by atoms with Crippen LogP contribution in [0.5, 0.6) is 0 Å². The van der Waals surface area contributed by atoms with Gasteiger partial charge in [0.15, 0.2) is 0 Å². The van der Waals surface area contributed by atoms with E-state index in [1.54, 1.807) is 0 Å². The SMILES string of the molecule is ClCCO[Si](c1ccccc1)c1ccccc1. The van der Waals surface area contributed by atoms with Crippen molar-refractivity contribution in [1.82, 2.24) is 0 Å². The van der Waals surface area contributed by atoms with Gasteiger partial charge in [-0.1, -0.05) is 60.7 Å². The Morgan fingerprint density at radius 3 is 1.71 bits per heavy atom. The number of hydrogen-bond acceptors (Lipinski definition) is 1. The Bertz CT molecular complexity index is 393. The van der Waals surface area contributed by atoms with Gasteiger partial charge in [0.1, 0.15) is 0 Å². The van der Waals surface area contributed by atoms with Crippen molar-refractivity contribution in [1.29, 1.82) is 0 Å². The van der Waals surface area contributed by atoms with Gasteiger partial charge < -0.3 is 4.43 Å². The molecule has 0 unspecified atom stereocenters. The first-order chi connectivity index (χ1) is 8.42.